The fraction of sp³-hybridized carbons (Fsp3) is 0.111. The minimum Gasteiger partial charge on any atom is -0.497 e. The number of methoxy groups -OCH3 is 1. The Hall–Kier alpha value is -2.30. The van der Waals surface area contributed by atoms with E-state index >= 15 is 0 Å². The van der Waals surface area contributed by atoms with E-state index in [9.17, 15) is 9.59 Å². The van der Waals surface area contributed by atoms with Crippen molar-refractivity contribution in [3.05, 3.63) is 63.6 Å². The zero-order valence-electron chi connectivity index (χ0n) is 13.0. The van der Waals surface area contributed by atoms with Gasteiger partial charge in [0.2, 0.25) is 0 Å². The lowest BCUT2D eigenvalue weighted by Gasteiger charge is -2.15. The van der Waals surface area contributed by atoms with E-state index in [2.05, 4.69) is 0 Å². The van der Waals surface area contributed by atoms with E-state index in [1.165, 1.54) is 0 Å². The highest BCUT2D eigenvalue weighted by Gasteiger charge is 2.39. The van der Waals surface area contributed by atoms with Crippen LogP contribution in [0.3, 0.4) is 0 Å². The molecule has 1 aliphatic rings. The van der Waals surface area contributed by atoms with E-state index in [0.29, 0.717) is 22.0 Å². The van der Waals surface area contributed by atoms with Gasteiger partial charge in [0, 0.05) is 5.02 Å². The van der Waals surface area contributed by atoms with Crippen LogP contribution in [0.4, 0.5) is 5.69 Å². The Morgan fingerprint density at radius 2 is 1.62 bits per heavy atom. The van der Waals surface area contributed by atoms with Crippen molar-refractivity contribution < 1.29 is 14.3 Å². The van der Waals surface area contributed by atoms with Crippen LogP contribution in [0.5, 0.6) is 5.75 Å². The molecule has 0 fully saturated rings. The number of carbonyl (C=O) groups excluding carboxylic acids is 2. The largest absolute Gasteiger partial charge is 0.497 e. The molecule has 2 aromatic rings. The summed E-state index contributed by atoms with van der Waals surface area (Å²) in [5.74, 6) is -0.392. The maximum absolute atomic E-state index is 12.8. The number of aryl methyl sites for hydroxylation is 1. The molecule has 2 aromatic carbocycles. The average Bonchev–Trinajstić information content (AvgIpc) is 2.80. The molecule has 24 heavy (non-hydrogen) atoms. The molecule has 0 saturated carbocycles. The van der Waals surface area contributed by atoms with Crippen molar-refractivity contribution in [2.75, 3.05) is 12.0 Å². The molecule has 0 aliphatic carbocycles. The summed E-state index contributed by atoms with van der Waals surface area (Å²) in [6.45, 7) is 1.84. The van der Waals surface area contributed by atoms with Gasteiger partial charge in [-0.15, -0.1) is 0 Å². The van der Waals surface area contributed by atoms with Gasteiger partial charge < -0.3 is 4.74 Å². The first-order chi connectivity index (χ1) is 11.4. The molecule has 122 valence electrons. The molecule has 3 rings (SSSR count). The van der Waals surface area contributed by atoms with E-state index in [1.54, 1.807) is 49.6 Å². The van der Waals surface area contributed by atoms with Gasteiger partial charge >= 0.3 is 0 Å². The van der Waals surface area contributed by atoms with Crippen molar-refractivity contribution in [1.29, 1.82) is 0 Å². The van der Waals surface area contributed by atoms with Gasteiger partial charge in [-0.05, 0) is 42.3 Å². The van der Waals surface area contributed by atoms with Gasteiger partial charge in [-0.2, -0.15) is 0 Å². The summed E-state index contributed by atoms with van der Waals surface area (Å²) in [5.41, 5.74) is 1.97. The molecule has 0 saturated heterocycles. The maximum Gasteiger partial charge on any atom is 0.277 e. The van der Waals surface area contributed by atoms with E-state index in [0.717, 1.165) is 10.5 Å². The molecule has 0 unspecified atom stereocenters. The number of benzene rings is 2. The summed E-state index contributed by atoms with van der Waals surface area (Å²) in [6, 6.07) is 11.8. The molecular weight excluding hydrogens is 349 g/mol. The number of rotatable bonds is 3. The van der Waals surface area contributed by atoms with Crippen LogP contribution in [0, 0.1) is 6.92 Å². The van der Waals surface area contributed by atoms with Crippen LogP contribution in [-0.4, -0.2) is 18.9 Å². The number of carbonyl (C=O) groups is 2. The Kier molecular flexibility index (Phi) is 4.35. The second-order valence-electron chi connectivity index (χ2n) is 5.30. The number of anilines is 1. The Bertz CT molecular complexity index is 872. The highest BCUT2D eigenvalue weighted by Crippen LogP contribution is 2.36. The normalized spacial score (nSPS) is 14.6. The number of hydrogen-bond acceptors (Lipinski definition) is 3. The SMILES string of the molecule is COc1ccc(C2=C(Cl)C(=O)N(c3ccc(C)c(Cl)c3)C2=O)cc1. The second kappa shape index (κ2) is 6.30. The third kappa shape index (κ3) is 2.68. The molecule has 4 nitrogen and oxygen atoms in total. The van der Waals surface area contributed by atoms with Gasteiger partial charge in [0.1, 0.15) is 10.8 Å². The predicted molar refractivity (Wildman–Crippen MR) is 94.4 cm³/mol. The zero-order valence-corrected chi connectivity index (χ0v) is 14.5. The van der Waals surface area contributed by atoms with Gasteiger partial charge in [-0.3, -0.25) is 9.59 Å². The lowest BCUT2D eigenvalue weighted by atomic mass is 10.1. The first-order valence-electron chi connectivity index (χ1n) is 7.13. The number of hydrogen-bond donors (Lipinski definition) is 0. The van der Waals surface area contributed by atoms with E-state index in [4.69, 9.17) is 27.9 Å². The summed E-state index contributed by atoms with van der Waals surface area (Å²) in [5, 5.41) is 0.365. The molecule has 0 N–H and O–H groups in total. The van der Waals surface area contributed by atoms with Gasteiger partial charge in [0.25, 0.3) is 11.8 Å². The summed E-state index contributed by atoms with van der Waals surface area (Å²) in [4.78, 5) is 26.3. The standard InChI is InChI=1S/C18H13Cl2NO3/c1-10-3-6-12(9-14(10)19)21-17(22)15(16(20)18(21)23)11-4-7-13(24-2)8-5-11/h3-9H,1-2H3. The molecule has 0 bridgehead atoms. The summed E-state index contributed by atoms with van der Waals surface area (Å²) >= 11 is 12.3. The monoisotopic (exact) mass is 361 g/mol. The van der Waals surface area contributed by atoms with Crippen molar-refractivity contribution in [3.8, 4) is 5.75 Å². The van der Waals surface area contributed by atoms with Crippen LogP contribution in [0.2, 0.25) is 5.02 Å². The van der Waals surface area contributed by atoms with Crippen LogP contribution in [-0.2, 0) is 9.59 Å². The van der Waals surface area contributed by atoms with Crippen molar-refractivity contribution in [2.45, 2.75) is 6.92 Å². The smallest absolute Gasteiger partial charge is 0.277 e. The third-order valence-electron chi connectivity index (χ3n) is 3.82. The zero-order chi connectivity index (χ0) is 17.4. The second-order valence-corrected chi connectivity index (χ2v) is 6.08. The van der Waals surface area contributed by atoms with Gasteiger partial charge in [0.15, 0.2) is 0 Å². The Labute approximate surface area is 149 Å². The minimum absolute atomic E-state index is 0.109. The molecule has 1 aliphatic heterocycles. The Balaban J connectivity index is 2.02. The van der Waals surface area contributed by atoms with Crippen molar-refractivity contribution >= 4 is 46.3 Å². The molecule has 2 amide bonds. The van der Waals surface area contributed by atoms with E-state index in [-0.39, 0.29) is 10.6 Å². The quantitative estimate of drug-likeness (QED) is 0.770. The van der Waals surface area contributed by atoms with E-state index < -0.39 is 11.8 Å². The van der Waals surface area contributed by atoms with Crippen LogP contribution in [0.15, 0.2) is 47.5 Å². The molecule has 6 heteroatoms. The topological polar surface area (TPSA) is 46.6 Å². The molecule has 0 atom stereocenters. The van der Waals surface area contributed by atoms with Gasteiger partial charge in [-0.1, -0.05) is 41.4 Å². The van der Waals surface area contributed by atoms with Crippen molar-refractivity contribution in [2.24, 2.45) is 0 Å². The van der Waals surface area contributed by atoms with Crippen molar-refractivity contribution in [1.82, 2.24) is 0 Å². The van der Waals surface area contributed by atoms with Crippen LogP contribution in [0.1, 0.15) is 11.1 Å². The van der Waals surface area contributed by atoms with Gasteiger partial charge in [0.05, 0.1) is 18.4 Å². The fourth-order valence-corrected chi connectivity index (χ4v) is 2.92. The number of imide groups is 1. The number of nitrogens with zero attached hydrogens (tertiary/aromatic N) is 1. The van der Waals surface area contributed by atoms with Crippen molar-refractivity contribution in [3.63, 3.8) is 0 Å². The lowest BCUT2D eigenvalue weighted by Crippen LogP contribution is -2.31. The first-order valence-corrected chi connectivity index (χ1v) is 7.88. The molecular formula is C18H13Cl2NO3. The Morgan fingerprint density at radius 3 is 2.21 bits per heavy atom. The third-order valence-corrected chi connectivity index (χ3v) is 4.58. The maximum atomic E-state index is 12.8. The fourth-order valence-electron chi connectivity index (χ4n) is 2.47. The molecule has 1 heterocycles. The number of amides is 2. The summed E-state index contributed by atoms with van der Waals surface area (Å²) in [6.07, 6.45) is 0. The minimum atomic E-state index is -0.563. The first kappa shape index (κ1) is 16.6. The lowest BCUT2D eigenvalue weighted by molar-refractivity contribution is -0.119. The van der Waals surface area contributed by atoms with Crippen LogP contribution >= 0.6 is 23.2 Å². The molecule has 0 aromatic heterocycles. The van der Waals surface area contributed by atoms with Crippen LogP contribution in [0.25, 0.3) is 5.57 Å². The number of ether oxygens (including phenoxy) is 1. The molecule has 0 radical (unpaired) electrons. The Morgan fingerprint density at radius 1 is 0.958 bits per heavy atom. The average molecular weight is 362 g/mol. The van der Waals surface area contributed by atoms with E-state index in [1.807, 2.05) is 6.92 Å². The highest BCUT2D eigenvalue weighted by atomic mass is 35.5. The highest BCUT2D eigenvalue weighted by molar-refractivity contribution is 6.60. The molecule has 0 spiro atoms. The van der Waals surface area contributed by atoms with Crippen LogP contribution < -0.4 is 9.64 Å². The summed E-state index contributed by atoms with van der Waals surface area (Å²) in [7, 11) is 1.55. The number of halogens is 2. The van der Waals surface area contributed by atoms with Gasteiger partial charge in [-0.25, -0.2) is 4.90 Å². The predicted octanol–water partition coefficient (Wildman–Crippen LogP) is 4.18. The summed E-state index contributed by atoms with van der Waals surface area (Å²) < 4.78 is 5.10.